The molecule has 0 aromatic heterocycles. The number of carbonyl (C=O) groups is 6. The van der Waals surface area contributed by atoms with E-state index in [1.165, 1.54) is 13.8 Å². The Hall–Kier alpha value is -4.38. The fourth-order valence-electron chi connectivity index (χ4n) is 13.0. The number of aliphatic hydroxyl groups is 2. The Bertz CT molecular complexity index is 1910. The molecule has 4 saturated heterocycles. The molecule has 0 unspecified atom stereocenters. The first-order valence-corrected chi connectivity index (χ1v) is 21.4. The largest absolute Gasteiger partial charge is 0.507 e. The average molecular weight is 869 g/mol. The molecule has 2 N–H and O–H groups in total. The first-order chi connectivity index (χ1) is 29.2. The second-order valence-corrected chi connectivity index (χ2v) is 19.6. The molecule has 0 aromatic rings. The van der Waals surface area contributed by atoms with E-state index in [2.05, 4.69) is 27.7 Å². The van der Waals surface area contributed by atoms with Crippen LogP contribution in [0.4, 0.5) is 0 Å². The van der Waals surface area contributed by atoms with Crippen LogP contribution in [0, 0.1) is 45.3 Å². The first kappa shape index (κ1) is 45.6. The number of esters is 4. The van der Waals surface area contributed by atoms with E-state index in [0.29, 0.717) is 47.7 Å². The van der Waals surface area contributed by atoms with Crippen molar-refractivity contribution < 1.29 is 76.9 Å². The van der Waals surface area contributed by atoms with Gasteiger partial charge in [0.25, 0.3) is 0 Å². The van der Waals surface area contributed by atoms with Gasteiger partial charge >= 0.3 is 23.9 Å². The lowest BCUT2D eigenvalue weighted by atomic mass is 9.48. The van der Waals surface area contributed by atoms with E-state index in [9.17, 15) is 39.0 Å². The molecule has 16 nitrogen and oxygen atoms in total. The highest BCUT2D eigenvalue weighted by Gasteiger charge is 2.73. The molecule has 0 bridgehead atoms. The van der Waals surface area contributed by atoms with Crippen LogP contribution in [0.5, 0.6) is 0 Å². The van der Waals surface area contributed by atoms with E-state index in [1.807, 2.05) is 0 Å². The van der Waals surface area contributed by atoms with Crippen molar-refractivity contribution in [1.29, 1.82) is 0 Å². The van der Waals surface area contributed by atoms with Crippen LogP contribution in [0.1, 0.15) is 93.9 Å². The Morgan fingerprint density at radius 2 is 1.02 bits per heavy atom. The minimum atomic E-state index is -0.821. The van der Waals surface area contributed by atoms with Crippen molar-refractivity contribution in [2.45, 2.75) is 131 Å². The molecule has 0 radical (unpaired) electrons. The molecular weight excluding hydrogens is 808 g/mol. The zero-order valence-electron chi connectivity index (χ0n) is 37.2. The van der Waals surface area contributed by atoms with Crippen LogP contribution in [0.15, 0.2) is 45.0 Å². The van der Waals surface area contributed by atoms with E-state index in [1.54, 1.807) is 28.1 Å². The summed E-state index contributed by atoms with van der Waals surface area (Å²) in [7, 11) is 3.17. The molecule has 8 aliphatic rings. The lowest BCUT2D eigenvalue weighted by Gasteiger charge is -2.58. The van der Waals surface area contributed by atoms with Gasteiger partial charge in [-0.25, -0.2) is 9.59 Å². The first-order valence-electron chi connectivity index (χ1n) is 21.4. The molecule has 2 saturated carbocycles. The van der Waals surface area contributed by atoms with Crippen molar-refractivity contribution in [1.82, 2.24) is 0 Å². The zero-order chi connectivity index (χ0) is 45.4. The van der Waals surface area contributed by atoms with E-state index in [4.69, 9.17) is 37.9 Å². The summed E-state index contributed by atoms with van der Waals surface area (Å²) in [4.78, 5) is 74.0. The second kappa shape index (κ2) is 16.3. The van der Waals surface area contributed by atoms with Crippen LogP contribution in [0.2, 0.25) is 0 Å². The van der Waals surface area contributed by atoms with Gasteiger partial charge in [0, 0.05) is 86.6 Å². The lowest BCUT2D eigenvalue weighted by Crippen LogP contribution is -2.64. The predicted octanol–water partition coefficient (Wildman–Crippen LogP) is 5.23. The third kappa shape index (κ3) is 6.85. The number of carbonyl (C=O) groups excluding carboxylic acids is 6. The van der Waals surface area contributed by atoms with Crippen LogP contribution < -0.4 is 0 Å². The summed E-state index contributed by atoms with van der Waals surface area (Å²) in [6.45, 7) is 14.8. The Morgan fingerprint density at radius 1 is 0.661 bits per heavy atom. The maximum absolute atomic E-state index is 13.2. The quantitative estimate of drug-likeness (QED) is 0.198. The highest BCUT2D eigenvalue weighted by Crippen LogP contribution is 2.67. The Kier molecular flexibility index (Phi) is 12.0. The third-order valence-corrected chi connectivity index (χ3v) is 15.6. The topological polar surface area (TPSA) is 217 Å². The van der Waals surface area contributed by atoms with Crippen molar-refractivity contribution >= 4 is 36.4 Å². The molecule has 16 heteroatoms. The van der Waals surface area contributed by atoms with Gasteiger partial charge in [0.1, 0.15) is 48.5 Å². The molecule has 340 valence electrons. The Morgan fingerprint density at radius 3 is 1.32 bits per heavy atom. The average Bonchev–Trinajstić information content (AvgIpc) is 3.76. The van der Waals surface area contributed by atoms with E-state index >= 15 is 0 Å². The summed E-state index contributed by atoms with van der Waals surface area (Å²) in [5, 5.41) is 22.2. The fraction of sp³-hybridized carbons (Fsp3) is 0.696. The Balaban J connectivity index is 0.000000186. The molecule has 0 amide bonds. The van der Waals surface area contributed by atoms with Gasteiger partial charge in [-0.15, -0.1) is 0 Å². The van der Waals surface area contributed by atoms with Crippen LogP contribution in [-0.4, -0.2) is 111 Å². The molecule has 4 heterocycles. The summed E-state index contributed by atoms with van der Waals surface area (Å²) in [5.41, 5.74) is -0.685. The minimum Gasteiger partial charge on any atom is -0.507 e. The zero-order valence-corrected chi connectivity index (χ0v) is 37.2. The third-order valence-electron chi connectivity index (χ3n) is 15.6. The number of methoxy groups -OCH3 is 2. The lowest BCUT2D eigenvalue weighted by molar-refractivity contribution is -0.208. The van der Waals surface area contributed by atoms with Crippen LogP contribution in [0.3, 0.4) is 0 Å². The van der Waals surface area contributed by atoms with Gasteiger partial charge in [0.2, 0.25) is 0 Å². The summed E-state index contributed by atoms with van der Waals surface area (Å²) in [5.74, 6) is -4.61. The molecule has 6 fully saturated rings. The molecular formula is C46H60O16. The Labute approximate surface area is 361 Å². The van der Waals surface area contributed by atoms with Gasteiger partial charge in [-0.3, -0.25) is 19.2 Å². The normalized spacial score (nSPS) is 39.1. The van der Waals surface area contributed by atoms with Gasteiger partial charge in [0.15, 0.2) is 12.6 Å². The number of aldehydes is 2. The highest BCUT2D eigenvalue weighted by molar-refractivity contribution is 5.94. The number of hydrogen-bond acceptors (Lipinski definition) is 16. The molecule has 62 heavy (non-hydrogen) atoms. The number of ether oxygens (including phenoxy) is 8. The maximum Gasteiger partial charge on any atom is 0.338 e. The summed E-state index contributed by atoms with van der Waals surface area (Å²) in [6.07, 6.45) is 0.678. The number of rotatable bonds is 6. The molecule has 0 aromatic carbocycles. The summed E-state index contributed by atoms with van der Waals surface area (Å²) < 4.78 is 46.8. The molecule has 4 aliphatic carbocycles. The van der Waals surface area contributed by atoms with Crippen molar-refractivity contribution in [2.24, 2.45) is 45.3 Å². The van der Waals surface area contributed by atoms with Crippen LogP contribution in [-0.2, 0) is 66.7 Å². The summed E-state index contributed by atoms with van der Waals surface area (Å²) in [6, 6.07) is 0. The molecule has 12 atom stereocenters. The van der Waals surface area contributed by atoms with Crippen molar-refractivity contribution in [3.05, 3.63) is 45.0 Å². The van der Waals surface area contributed by atoms with Crippen LogP contribution >= 0.6 is 0 Å². The molecule has 8 rings (SSSR count). The number of aliphatic hydroxyl groups excluding tert-OH is 2. The standard InChI is InChI=1S/2C23H30O8/c2*1-11-13(9-24)8-14(30-12(2)25)17-16(18(11)26)20(27)31-15-6-7-22(3,4)19-21(28-5)29-10-23(15,17)19/h2*9,14-15,17,19,21,26H,6-8,10H2,1-5H3/t2*14-,15+,17-,19-,21-,23+/m11/s1. The second-order valence-electron chi connectivity index (χ2n) is 19.6. The number of hydrogen-bond donors (Lipinski definition) is 2. The van der Waals surface area contributed by atoms with Crippen LogP contribution in [0.25, 0.3) is 0 Å². The SMILES string of the molecule is CO[C@@H]1OC[C@@]23[C@H](CCC(C)(C)[C@@H]12)OC(=O)C1=C(O)C(C)=C(C=O)C[C@@H](OC(C)=O)[C@H]13.CO[C@@H]1OC[C@@]23[C@H](CCC(C)(C)[C@@H]12)OC(=O)C1=C(O)C(C)=C(C=O)C[C@@H](OC(C)=O)[C@H]13. The van der Waals surface area contributed by atoms with Crippen molar-refractivity contribution in [3.8, 4) is 0 Å². The van der Waals surface area contributed by atoms with E-state index in [0.717, 1.165) is 12.8 Å². The van der Waals surface area contributed by atoms with Gasteiger partial charge < -0.3 is 48.1 Å². The van der Waals surface area contributed by atoms with Gasteiger partial charge in [-0.1, -0.05) is 27.7 Å². The smallest absolute Gasteiger partial charge is 0.338 e. The van der Waals surface area contributed by atoms with Gasteiger partial charge in [0.05, 0.1) is 24.4 Å². The fourth-order valence-corrected chi connectivity index (χ4v) is 13.0. The number of fused-ring (bicyclic) bond motifs is 2. The summed E-state index contributed by atoms with van der Waals surface area (Å²) >= 11 is 0. The van der Waals surface area contributed by atoms with Gasteiger partial charge in [-0.05, 0) is 61.5 Å². The molecule has 2 spiro atoms. The highest BCUT2D eigenvalue weighted by atomic mass is 16.7. The maximum atomic E-state index is 13.2. The number of allylic oxidation sites excluding steroid dienone is 2. The van der Waals surface area contributed by atoms with E-state index < -0.39 is 83.5 Å². The molecule has 4 aliphatic heterocycles. The van der Waals surface area contributed by atoms with Crippen molar-refractivity contribution in [3.63, 3.8) is 0 Å². The minimum absolute atomic E-state index is 0.0555. The van der Waals surface area contributed by atoms with E-state index in [-0.39, 0.29) is 71.4 Å². The monoisotopic (exact) mass is 868 g/mol. The van der Waals surface area contributed by atoms with Gasteiger partial charge in [-0.2, -0.15) is 0 Å². The van der Waals surface area contributed by atoms with Crippen molar-refractivity contribution in [2.75, 3.05) is 27.4 Å². The predicted molar refractivity (Wildman–Crippen MR) is 215 cm³/mol.